The van der Waals surface area contributed by atoms with Crippen LogP contribution in [0.2, 0.25) is 0 Å². The van der Waals surface area contributed by atoms with E-state index in [1.54, 1.807) is 0 Å². The van der Waals surface area contributed by atoms with Crippen LogP contribution in [0.5, 0.6) is 0 Å². The predicted molar refractivity (Wildman–Crippen MR) is 42.3 cm³/mol. The average molecular weight is 205 g/mol. The third-order valence-corrected chi connectivity index (χ3v) is 2.17. The maximum Gasteiger partial charge on any atom is 0.266 e. The second-order valence-electron chi connectivity index (χ2n) is 2.45. The number of imide groups is 1. The molecule has 0 aromatic rings. The molecule has 72 valence electrons. The molecule has 2 amide bonds. The molecule has 1 aliphatic rings. The summed E-state index contributed by atoms with van der Waals surface area (Å²) < 4.78 is 28.9. The molecular formula is C6H7NO5S. The fraction of sp³-hybridized carbons (Fsp3) is 0.333. The topological polar surface area (TPSA) is 91.8 Å². The summed E-state index contributed by atoms with van der Waals surface area (Å²) in [6, 6.07) is 0. The molecule has 0 aromatic carbocycles. The molecule has 0 unspecified atom stereocenters. The highest BCUT2D eigenvalue weighted by Crippen LogP contribution is 2.02. The predicted octanol–water partition coefficient (Wildman–Crippen LogP) is -1.20. The Morgan fingerprint density at radius 3 is 2.08 bits per heavy atom. The Hall–Kier alpha value is -1.21. The van der Waals surface area contributed by atoms with E-state index in [0.29, 0.717) is 0 Å². The third-order valence-electron chi connectivity index (χ3n) is 1.47. The lowest BCUT2D eigenvalue weighted by molar-refractivity contribution is -0.136. The van der Waals surface area contributed by atoms with Gasteiger partial charge in [0.05, 0.1) is 5.75 Å². The standard InChI is InChI=1S/C6H7NO5S/c8-5-1-2-6(9)7(5)3-4-13(10,11)12/h1-2H,3-4H2,(H,10,11,12). The van der Waals surface area contributed by atoms with Gasteiger partial charge >= 0.3 is 0 Å². The van der Waals surface area contributed by atoms with Crippen LogP contribution < -0.4 is 0 Å². The van der Waals surface area contributed by atoms with Gasteiger partial charge in [0.15, 0.2) is 0 Å². The van der Waals surface area contributed by atoms with E-state index in [2.05, 4.69) is 0 Å². The van der Waals surface area contributed by atoms with Crippen molar-refractivity contribution < 1.29 is 22.6 Å². The molecule has 0 aliphatic carbocycles. The molecule has 0 fully saturated rings. The van der Waals surface area contributed by atoms with Crippen LogP contribution in [0, 0.1) is 0 Å². The van der Waals surface area contributed by atoms with E-state index < -0.39 is 27.7 Å². The first-order valence-corrected chi connectivity index (χ1v) is 5.00. The zero-order valence-corrected chi connectivity index (χ0v) is 7.32. The van der Waals surface area contributed by atoms with Gasteiger partial charge in [-0.3, -0.25) is 19.0 Å². The number of carbonyl (C=O) groups is 2. The second kappa shape index (κ2) is 3.27. The van der Waals surface area contributed by atoms with Crippen molar-refractivity contribution in [2.75, 3.05) is 12.3 Å². The van der Waals surface area contributed by atoms with Crippen molar-refractivity contribution in [2.24, 2.45) is 0 Å². The van der Waals surface area contributed by atoms with E-state index in [9.17, 15) is 18.0 Å². The number of hydrogen-bond donors (Lipinski definition) is 1. The lowest BCUT2D eigenvalue weighted by atomic mass is 10.5. The van der Waals surface area contributed by atoms with Crippen LogP contribution in [0.1, 0.15) is 0 Å². The maximum absolute atomic E-state index is 10.8. The second-order valence-corrected chi connectivity index (χ2v) is 4.02. The molecule has 13 heavy (non-hydrogen) atoms. The van der Waals surface area contributed by atoms with Gasteiger partial charge < -0.3 is 0 Å². The molecule has 0 saturated heterocycles. The van der Waals surface area contributed by atoms with Gasteiger partial charge in [-0.25, -0.2) is 0 Å². The van der Waals surface area contributed by atoms with Crippen LogP contribution in [0.25, 0.3) is 0 Å². The zero-order valence-electron chi connectivity index (χ0n) is 6.50. The highest BCUT2D eigenvalue weighted by atomic mass is 32.2. The van der Waals surface area contributed by atoms with Gasteiger partial charge in [-0.15, -0.1) is 0 Å². The van der Waals surface area contributed by atoms with Crippen LogP contribution in [0.4, 0.5) is 0 Å². The van der Waals surface area contributed by atoms with E-state index >= 15 is 0 Å². The molecule has 0 saturated carbocycles. The van der Waals surface area contributed by atoms with Crippen LogP contribution >= 0.6 is 0 Å². The largest absolute Gasteiger partial charge is 0.285 e. The Balaban J connectivity index is 2.57. The van der Waals surface area contributed by atoms with Gasteiger partial charge in [0.2, 0.25) is 0 Å². The molecule has 0 radical (unpaired) electrons. The molecule has 0 bridgehead atoms. The molecule has 1 heterocycles. The summed E-state index contributed by atoms with van der Waals surface area (Å²) in [5.74, 6) is -1.76. The van der Waals surface area contributed by atoms with Crippen molar-refractivity contribution in [1.29, 1.82) is 0 Å². The molecule has 1 aliphatic heterocycles. The highest BCUT2D eigenvalue weighted by Gasteiger charge is 2.24. The fourth-order valence-corrected chi connectivity index (χ4v) is 1.27. The van der Waals surface area contributed by atoms with E-state index in [1.165, 1.54) is 0 Å². The Kier molecular flexibility index (Phi) is 2.48. The lowest BCUT2D eigenvalue weighted by Crippen LogP contribution is -2.34. The molecule has 1 rings (SSSR count). The molecule has 1 N–H and O–H groups in total. The Morgan fingerprint density at radius 2 is 1.69 bits per heavy atom. The highest BCUT2D eigenvalue weighted by molar-refractivity contribution is 7.85. The van der Waals surface area contributed by atoms with Gasteiger partial charge in [-0.2, -0.15) is 8.42 Å². The van der Waals surface area contributed by atoms with Crippen molar-refractivity contribution in [3.8, 4) is 0 Å². The average Bonchev–Trinajstić information content (AvgIpc) is 2.27. The van der Waals surface area contributed by atoms with Gasteiger partial charge in [0.1, 0.15) is 0 Å². The lowest BCUT2D eigenvalue weighted by Gasteiger charge is -2.11. The Bertz CT molecular complexity index is 350. The van der Waals surface area contributed by atoms with Gasteiger partial charge in [0.25, 0.3) is 21.9 Å². The first kappa shape index (κ1) is 9.87. The van der Waals surface area contributed by atoms with E-state index in [-0.39, 0.29) is 6.54 Å². The van der Waals surface area contributed by atoms with Crippen molar-refractivity contribution in [3.63, 3.8) is 0 Å². The van der Waals surface area contributed by atoms with Crippen LogP contribution in [0.15, 0.2) is 12.2 Å². The molecule has 0 spiro atoms. The summed E-state index contributed by atoms with van der Waals surface area (Å²) in [6.07, 6.45) is 2.10. The summed E-state index contributed by atoms with van der Waals surface area (Å²) in [7, 11) is -4.13. The minimum Gasteiger partial charge on any atom is -0.285 e. The number of rotatable bonds is 3. The van der Waals surface area contributed by atoms with Gasteiger partial charge in [-0.1, -0.05) is 0 Å². The minimum absolute atomic E-state index is 0.316. The summed E-state index contributed by atoms with van der Waals surface area (Å²) in [6.45, 7) is -0.316. The summed E-state index contributed by atoms with van der Waals surface area (Å²) >= 11 is 0. The van der Waals surface area contributed by atoms with Crippen molar-refractivity contribution in [1.82, 2.24) is 4.90 Å². The van der Waals surface area contributed by atoms with Crippen LogP contribution in [-0.4, -0.2) is 42.0 Å². The Labute approximate surface area is 74.6 Å². The van der Waals surface area contributed by atoms with E-state index in [0.717, 1.165) is 17.1 Å². The zero-order chi connectivity index (χ0) is 10.1. The third kappa shape index (κ3) is 2.63. The van der Waals surface area contributed by atoms with E-state index in [4.69, 9.17) is 4.55 Å². The van der Waals surface area contributed by atoms with Crippen LogP contribution in [-0.2, 0) is 19.7 Å². The van der Waals surface area contributed by atoms with Crippen LogP contribution in [0.3, 0.4) is 0 Å². The minimum atomic E-state index is -4.13. The van der Waals surface area contributed by atoms with Crippen molar-refractivity contribution in [3.05, 3.63) is 12.2 Å². The maximum atomic E-state index is 10.8. The quantitative estimate of drug-likeness (QED) is 0.461. The SMILES string of the molecule is O=C1C=CC(=O)N1CCS(=O)(=O)O. The smallest absolute Gasteiger partial charge is 0.266 e. The molecular weight excluding hydrogens is 198 g/mol. The van der Waals surface area contributed by atoms with Crippen molar-refractivity contribution >= 4 is 21.9 Å². The monoisotopic (exact) mass is 205 g/mol. The number of carbonyl (C=O) groups excluding carboxylic acids is 2. The van der Waals surface area contributed by atoms with Gasteiger partial charge in [-0.05, 0) is 0 Å². The molecule has 0 aromatic heterocycles. The number of hydrogen-bond acceptors (Lipinski definition) is 4. The molecule has 0 atom stereocenters. The first-order valence-electron chi connectivity index (χ1n) is 3.39. The fourth-order valence-electron chi connectivity index (χ4n) is 0.858. The number of amides is 2. The van der Waals surface area contributed by atoms with E-state index in [1.807, 2.05) is 0 Å². The molecule has 7 heteroatoms. The summed E-state index contributed by atoms with van der Waals surface area (Å²) in [5.41, 5.74) is 0. The van der Waals surface area contributed by atoms with Gasteiger partial charge in [0, 0.05) is 18.7 Å². The molecule has 6 nitrogen and oxygen atoms in total. The van der Waals surface area contributed by atoms with Crippen molar-refractivity contribution in [2.45, 2.75) is 0 Å². The summed E-state index contributed by atoms with van der Waals surface area (Å²) in [5, 5.41) is 0. The summed E-state index contributed by atoms with van der Waals surface area (Å²) in [4.78, 5) is 22.4. The number of nitrogens with zero attached hydrogens (tertiary/aromatic N) is 1. The first-order chi connectivity index (χ1) is 5.90. The Morgan fingerprint density at radius 1 is 1.23 bits per heavy atom. The normalized spacial score (nSPS) is 17.2.